The third kappa shape index (κ3) is 4.08. The van der Waals surface area contributed by atoms with Crippen molar-refractivity contribution >= 4 is 17.5 Å². The molecule has 6 nitrogen and oxygen atoms in total. The summed E-state index contributed by atoms with van der Waals surface area (Å²) >= 11 is 0. The minimum Gasteiger partial charge on any atom is -0.372 e. The summed E-state index contributed by atoms with van der Waals surface area (Å²) in [5.41, 5.74) is 7.59. The van der Waals surface area contributed by atoms with Gasteiger partial charge in [0.25, 0.3) is 0 Å². The Bertz CT molecular complexity index is 852. The van der Waals surface area contributed by atoms with E-state index in [0.29, 0.717) is 18.1 Å². The van der Waals surface area contributed by atoms with Gasteiger partial charge < -0.3 is 16.0 Å². The molecule has 0 unspecified atom stereocenters. The highest BCUT2D eigenvalue weighted by molar-refractivity contribution is 5.76. The third-order valence-corrected chi connectivity index (χ3v) is 5.74. The molecule has 1 aromatic heterocycles. The Morgan fingerprint density at radius 3 is 2.82 bits per heavy atom. The molecule has 28 heavy (non-hydrogen) atoms. The lowest BCUT2D eigenvalue weighted by molar-refractivity contribution is -0.122. The van der Waals surface area contributed by atoms with Crippen molar-refractivity contribution in [2.75, 3.05) is 23.3 Å². The van der Waals surface area contributed by atoms with Crippen molar-refractivity contribution in [3.63, 3.8) is 0 Å². The Morgan fingerprint density at radius 1 is 1.21 bits per heavy atom. The maximum atomic E-state index is 14.5. The molecule has 2 aliphatic rings. The lowest BCUT2D eigenvalue weighted by atomic mass is 9.85. The lowest BCUT2D eigenvalue weighted by Crippen LogP contribution is -2.34. The Kier molecular flexibility index (Phi) is 5.41. The quantitative estimate of drug-likeness (QED) is 0.827. The van der Waals surface area contributed by atoms with E-state index in [0.717, 1.165) is 43.6 Å². The van der Waals surface area contributed by atoms with Gasteiger partial charge in [-0.25, -0.2) is 14.4 Å². The van der Waals surface area contributed by atoms with Crippen molar-refractivity contribution in [1.82, 2.24) is 9.97 Å². The summed E-state index contributed by atoms with van der Waals surface area (Å²) in [6, 6.07) is 7.93. The van der Waals surface area contributed by atoms with Crippen LogP contribution in [0.25, 0.3) is 11.3 Å². The van der Waals surface area contributed by atoms with E-state index in [1.54, 1.807) is 0 Å². The zero-order chi connectivity index (χ0) is 19.5. The van der Waals surface area contributed by atoms with Gasteiger partial charge in [-0.1, -0.05) is 18.6 Å². The maximum Gasteiger partial charge on any atom is 0.223 e. The number of aromatic nitrogens is 2. The second-order valence-electron chi connectivity index (χ2n) is 7.74. The second-order valence-corrected chi connectivity index (χ2v) is 7.74. The van der Waals surface area contributed by atoms with Crippen molar-refractivity contribution in [2.24, 2.45) is 11.7 Å². The highest BCUT2D eigenvalue weighted by Crippen LogP contribution is 2.29. The van der Waals surface area contributed by atoms with Gasteiger partial charge >= 0.3 is 0 Å². The van der Waals surface area contributed by atoms with Crippen molar-refractivity contribution in [3.8, 4) is 11.3 Å². The molecule has 2 aromatic rings. The van der Waals surface area contributed by atoms with E-state index in [2.05, 4.69) is 26.3 Å². The van der Waals surface area contributed by atoms with Gasteiger partial charge in [-0.05, 0) is 44.2 Å². The molecule has 0 bridgehead atoms. The molecule has 1 aliphatic heterocycles. The molecule has 1 aliphatic carbocycles. The Hall–Kier alpha value is -2.70. The highest BCUT2D eigenvalue weighted by atomic mass is 19.1. The molecule has 0 spiro atoms. The number of nitrogens with two attached hydrogens (primary N) is 1. The first-order valence-electron chi connectivity index (χ1n) is 10.0. The Labute approximate surface area is 164 Å². The number of benzene rings is 1. The van der Waals surface area contributed by atoms with Crippen LogP contribution in [-0.2, 0) is 4.79 Å². The summed E-state index contributed by atoms with van der Waals surface area (Å²) in [4.78, 5) is 22.3. The van der Waals surface area contributed by atoms with Crippen LogP contribution < -0.4 is 16.0 Å². The van der Waals surface area contributed by atoms with E-state index in [-0.39, 0.29) is 17.9 Å². The monoisotopic (exact) mass is 383 g/mol. The molecular formula is C21H26FN5O. The van der Waals surface area contributed by atoms with Crippen molar-refractivity contribution < 1.29 is 9.18 Å². The number of rotatable bonds is 5. The molecule has 148 valence electrons. The van der Waals surface area contributed by atoms with E-state index in [9.17, 15) is 9.18 Å². The summed E-state index contributed by atoms with van der Waals surface area (Å²) < 4.78 is 14.5. The average molecular weight is 383 g/mol. The molecule has 4 rings (SSSR count). The van der Waals surface area contributed by atoms with E-state index in [1.165, 1.54) is 19.0 Å². The van der Waals surface area contributed by atoms with Crippen molar-refractivity contribution in [1.29, 1.82) is 0 Å². The summed E-state index contributed by atoms with van der Waals surface area (Å²) in [5, 5.41) is 3.27. The smallest absolute Gasteiger partial charge is 0.223 e. The van der Waals surface area contributed by atoms with Crippen LogP contribution in [0.5, 0.6) is 0 Å². The van der Waals surface area contributed by atoms with Crippen LogP contribution in [0, 0.1) is 11.7 Å². The number of nitrogens with one attached hydrogen (secondary N) is 1. The van der Waals surface area contributed by atoms with Gasteiger partial charge in [-0.3, -0.25) is 4.79 Å². The number of carbonyl (C=O) groups is 1. The fraction of sp³-hybridized carbons (Fsp3) is 0.476. The van der Waals surface area contributed by atoms with Crippen LogP contribution in [0.1, 0.15) is 38.5 Å². The molecule has 0 radical (unpaired) electrons. The van der Waals surface area contributed by atoms with Gasteiger partial charge in [0.2, 0.25) is 11.9 Å². The minimum atomic E-state index is -0.442. The number of nitrogens with zero attached hydrogens (tertiary/aromatic N) is 3. The largest absolute Gasteiger partial charge is 0.372 e. The Morgan fingerprint density at radius 2 is 2.04 bits per heavy atom. The third-order valence-electron chi connectivity index (χ3n) is 5.74. The van der Waals surface area contributed by atoms with Crippen molar-refractivity contribution in [3.05, 3.63) is 36.3 Å². The van der Waals surface area contributed by atoms with Gasteiger partial charge in [-0.2, -0.15) is 0 Å². The number of primary amides is 1. The fourth-order valence-corrected chi connectivity index (χ4v) is 4.23. The molecular weight excluding hydrogens is 357 g/mol. The number of hydrogen-bond acceptors (Lipinski definition) is 5. The standard InChI is InChI=1S/C21H26FN5O/c22-18-13-24-21(25-16-7-3-6-15(11-16)20(23)28)26-19(18)14-5-4-8-17(12-14)27-9-1-2-10-27/h4-5,8,12-13,15-16H,1-3,6-7,9-11H2,(H2,23,28)(H,24,25,26)/t15-,16+/m0/s1. The van der Waals surface area contributed by atoms with Crippen LogP contribution in [0.3, 0.4) is 0 Å². The van der Waals surface area contributed by atoms with Gasteiger partial charge in [-0.15, -0.1) is 0 Å². The van der Waals surface area contributed by atoms with E-state index in [4.69, 9.17) is 5.73 Å². The SMILES string of the molecule is NC(=O)[C@H]1CCC[C@@H](Nc2ncc(F)c(-c3cccc(N4CCCC4)c3)n2)C1. The summed E-state index contributed by atoms with van der Waals surface area (Å²) in [6.07, 6.45) is 6.92. The van der Waals surface area contributed by atoms with Crippen LogP contribution in [-0.4, -0.2) is 35.0 Å². The number of carbonyl (C=O) groups excluding carboxylic acids is 1. The van der Waals surface area contributed by atoms with E-state index in [1.807, 2.05) is 18.2 Å². The summed E-state index contributed by atoms with van der Waals surface area (Å²) in [5.74, 6) is -0.435. The fourth-order valence-electron chi connectivity index (χ4n) is 4.23. The van der Waals surface area contributed by atoms with E-state index >= 15 is 0 Å². The predicted molar refractivity (Wildman–Crippen MR) is 107 cm³/mol. The minimum absolute atomic E-state index is 0.0699. The van der Waals surface area contributed by atoms with Crippen LogP contribution in [0.2, 0.25) is 0 Å². The summed E-state index contributed by atoms with van der Waals surface area (Å²) in [7, 11) is 0. The zero-order valence-electron chi connectivity index (χ0n) is 15.9. The maximum absolute atomic E-state index is 14.5. The number of amides is 1. The summed E-state index contributed by atoms with van der Waals surface area (Å²) in [6.45, 7) is 2.07. The first-order chi connectivity index (χ1) is 13.6. The van der Waals surface area contributed by atoms with Gasteiger partial charge in [0.15, 0.2) is 5.82 Å². The van der Waals surface area contributed by atoms with Crippen LogP contribution >= 0.6 is 0 Å². The van der Waals surface area contributed by atoms with E-state index < -0.39 is 5.82 Å². The van der Waals surface area contributed by atoms with Crippen LogP contribution in [0.4, 0.5) is 16.0 Å². The topological polar surface area (TPSA) is 84.1 Å². The molecule has 1 saturated carbocycles. The van der Waals surface area contributed by atoms with Gasteiger partial charge in [0.1, 0.15) is 5.69 Å². The molecule has 2 atom stereocenters. The average Bonchev–Trinajstić information content (AvgIpc) is 3.25. The normalized spacial score (nSPS) is 22.2. The van der Waals surface area contributed by atoms with Gasteiger partial charge in [0, 0.05) is 36.3 Å². The molecule has 2 heterocycles. The highest BCUT2D eigenvalue weighted by Gasteiger charge is 2.26. The number of anilines is 2. The first-order valence-corrected chi connectivity index (χ1v) is 10.0. The van der Waals surface area contributed by atoms with Crippen molar-refractivity contribution in [2.45, 2.75) is 44.6 Å². The first kappa shape index (κ1) is 18.7. The molecule has 1 aromatic carbocycles. The van der Waals surface area contributed by atoms with Crippen LogP contribution in [0.15, 0.2) is 30.5 Å². The molecule has 7 heteroatoms. The molecule has 1 amide bonds. The van der Waals surface area contributed by atoms with Gasteiger partial charge in [0.05, 0.1) is 6.20 Å². The Balaban J connectivity index is 1.54. The number of halogens is 1. The lowest BCUT2D eigenvalue weighted by Gasteiger charge is -2.28. The molecule has 3 N–H and O–H groups in total. The molecule has 1 saturated heterocycles. The number of hydrogen-bond donors (Lipinski definition) is 2. The predicted octanol–water partition coefficient (Wildman–Crippen LogP) is 3.34. The second kappa shape index (κ2) is 8.12. The zero-order valence-corrected chi connectivity index (χ0v) is 15.9. The molecule has 2 fully saturated rings.